The van der Waals surface area contributed by atoms with Gasteiger partial charge < -0.3 is 10.1 Å². The summed E-state index contributed by atoms with van der Waals surface area (Å²) in [4.78, 5) is 0. The number of nitrogens with one attached hydrogen (secondary N) is 1. The molecule has 0 bridgehead atoms. The summed E-state index contributed by atoms with van der Waals surface area (Å²) in [5, 5.41) is 3.35. The number of hydrogen-bond donors (Lipinski definition) is 1. The van der Waals surface area contributed by atoms with Gasteiger partial charge >= 0.3 is 0 Å². The van der Waals surface area contributed by atoms with Gasteiger partial charge in [0.05, 0.1) is 12.2 Å². The first-order valence-electron chi connectivity index (χ1n) is 5.72. The SMILES string of the molecule is CC1CCCCC1O[C@@H]1CCNC1. The van der Waals surface area contributed by atoms with E-state index in [2.05, 4.69) is 12.2 Å². The monoisotopic (exact) mass is 183 g/mol. The Morgan fingerprint density at radius 3 is 2.69 bits per heavy atom. The lowest BCUT2D eigenvalue weighted by Gasteiger charge is -2.30. The summed E-state index contributed by atoms with van der Waals surface area (Å²) in [6.45, 7) is 4.56. The molecule has 1 saturated carbocycles. The van der Waals surface area contributed by atoms with E-state index in [1.54, 1.807) is 0 Å². The maximum absolute atomic E-state index is 6.10. The van der Waals surface area contributed by atoms with Crippen LogP contribution in [0.2, 0.25) is 0 Å². The molecular formula is C11H21NO. The van der Waals surface area contributed by atoms with Crippen LogP contribution in [0, 0.1) is 5.92 Å². The molecule has 76 valence electrons. The molecule has 1 heterocycles. The molecule has 0 aromatic rings. The molecule has 2 aliphatic rings. The normalized spacial score (nSPS) is 40.8. The van der Waals surface area contributed by atoms with E-state index in [0.717, 1.165) is 19.0 Å². The van der Waals surface area contributed by atoms with E-state index in [1.807, 2.05) is 0 Å². The van der Waals surface area contributed by atoms with Gasteiger partial charge in [-0.2, -0.15) is 0 Å². The van der Waals surface area contributed by atoms with Gasteiger partial charge in [-0.05, 0) is 31.7 Å². The molecule has 2 heteroatoms. The summed E-state index contributed by atoms with van der Waals surface area (Å²) in [6, 6.07) is 0. The lowest BCUT2D eigenvalue weighted by Crippen LogP contribution is -2.31. The summed E-state index contributed by atoms with van der Waals surface area (Å²) in [5.74, 6) is 0.786. The average molecular weight is 183 g/mol. The predicted octanol–water partition coefficient (Wildman–Crippen LogP) is 1.94. The van der Waals surface area contributed by atoms with Gasteiger partial charge in [0, 0.05) is 6.54 Å². The van der Waals surface area contributed by atoms with Crippen molar-refractivity contribution in [2.45, 2.75) is 51.2 Å². The van der Waals surface area contributed by atoms with Crippen molar-refractivity contribution in [3.8, 4) is 0 Å². The van der Waals surface area contributed by atoms with Gasteiger partial charge in [0.25, 0.3) is 0 Å². The topological polar surface area (TPSA) is 21.3 Å². The third kappa shape index (κ3) is 2.44. The summed E-state index contributed by atoms with van der Waals surface area (Å²) in [6.07, 6.45) is 7.70. The van der Waals surface area contributed by atoms with Gasteiger partial charge in [-0.3, -0.25) is 0 Å². The zero-order valence-corrected chi connectivity index (χ0v) is 8.59. The third-order valence-corrected chi connectivity index (χ3v) is 3.42. The van der Waals surface area contributed by atoms with E-state index in [-0.39, 0.29) is 0 Å². The largest absolute Gasteiger partial charge is 0.373 e. The molecule has 0 aromatic heterocycles. The van der Waals surface area contributed by atoms with E-state index < -0.39 is 0 Å². The smallest absolute Gasteiger partial charge is 0.0715 e. The zero-order chi connectivity index (χ0) is 9.10. The van der Waals surface area contributed by atoms with Crippen molar-refractivity contribution in [1.29, 1.82) is 0 Å². The van der Waals surface area contributed by atoms with Crippen LogP contribution >= 0.6 is 0 Å². The average Bonchev–Trinajstić information content (AvgIpc) is 2.61. The standard InChI is InChI=1S/C11H21NO/c1-9-4-2-3-5-11(9)13-10-6-7-12-8-10/h9-12H,2-8H2,1H3/t9?,10-,11?/m1/s1. The number of ether oxygens (including phenoxy) is 1. The molecule has 0 radical (unpaired) electrons. The van der Waals surface area contributed by atoms with Crippen LogP contribution in [0.4, 0.5) is 0 Å². The van der Waals surface area contributed by atoms with Gasteiger partial charge in [-0.1, -0.05) is 19.8 Å². The van der Waals surface area contributed by atoms with Crippen molar-refractivity contribution in [3.63, 3.8) is 0 Å². The van der Waals surface area contributed by atoms with Gasteiger partial charge in [-0.15, -0.1) is 0 Å². The van der Waals surface area contributed by atoms with Crippen LogP contribution in [-0.4, -0.2) is 25.3 Å². The summed E-state index contributed by atoms with van der Waals surface area (Å²) < 4.78 is 6.10. The van der Waals surface area contributed by atoms with Gasteiger partial charge in [0.15, 0.2) is 0 Å². The van der Waals surface area contributed by atoms with Crippen LogP contribution in [0.5, 0.6) is 0 Å². The van der Waals surface area contributed by atoms with Crippen molar-refractivity contribution in [2.75, 3.05) is 13.1 Å². The van der Waals surface area contributed by atoms with E-state index >= 15 is 0 Å². The summed E-state index contributed by atoms with van der Waals surface area (Å²) in [5.41, 5.74) is 0. The minimum atomic E-state index is 0.505. The highest BCUT2D eigenvalue weighted by atomic mass is 16.5. The first-order chi connectivity index (χ1) is 6.36. The molecule has 13 heavy (non-hydrogen) atoms. The van der Waals surface area contributed by atoms with Crippen molar-refractivity contribution < 1.29 is 4.74 Å². The third-order valence-electron chi connectivity index (χ3n) is 3.42. The Labute approximate surface area is 81.0 Å². The van der Waals surface area contributed by atoms with Crippen LogP contribution in [-0.2, 0) is 4.74 Å². The van der Waals surface area contributed by atoms with E-state index in [4.69, 9.17) is 4.74 Å². The molecule has 0 spiro atoms. The Hall–Kier alpha value is -0.0800. The lowest BCUT2D eigenvalue weighted by molar-refractivity contribution is -0.0467. The Morgan fingerprint density at radius 2 is 2.00 bits per heavy atom. The number of hydrogen-bond acceptors (Lipinski definition) is 2. The Balaban J connectivity index is 1.78. The molecule has 2 fully saturated rings. The highest BCUT2D eigenvalue weighted by Crippen LogP contribution is 2.27. The minimum Gasteiger partial charge on any atom is -0.373 e. The van der Waals surface area contributed by atoms with Crippen molar-refractivity contribution in [3.05, 3.63) is 0 Å². The van der Waals surface area contributed by atoms with Crippen molar-refractivity contribution in [2.24, 2.45) is 5.92 Å². The molecule has 1 N–H and O–H groups in total. The second kappa shape index (κ2) is 4.43. The molecule has 1 aliphatic carbocycles. The first kappa shape index (κ1) is 9.47. The van der Waals surface area contributed by atoms with Crippen molar-refractivity contribution in [1.82, 2.24) is 5.32 Å². The molecule has 1 aliphatic heterocycles. The van der Waals surface area contributed by atoms with E-state index in [1.165, 1.54) is 32.1 Å². The second-order valence-electron chi connectivity index (χ2n) is 4.55. The summed E-state index contributed by atoms with van der Waals surface area (Å²) in [7, 11) is 0. The summed E-state index contributed by atoms with van der Waals surface area (Å²) >= 11 is 0. The van der Waals surface area contributed by atoms with Crippen LogP contribution < -0.4 is 5.32 Å². The second-order valence-corrected chi connectivity index (χ2v) is 4.55. The Bertz CT molecular complexity index is 154. The molecule has 3 atom stereocenters. The molecular weight excluding hydrogens is 162 g/mol. The molecule has 0 aromatic carbocycles. The Kier molecular flexibility index (Phi) is 3.23. The molecule has 1 saturated heterocycles. The molecule has 2 unspecified atom stereocenters. The lowest BCUT2D eigenvalue weighted by atomic mass is 9.88. The molecule has 2 rings (SSSR count). The van der Waals surface area contributed by atoms with Gasteiger partial charge in [0.2, 0.25) is 0 Å². The highest BCUT2D eigenvalue weighted by molar-refractivity contribution is 4.77. The van der Waals surface area contributed by atoms with E-state index in [9.17, 15) is 0 Å². The quantitative estimate of drug-likeness (QED) is 0.706. The maximum atomic E-state index is 6.10. The maximum Gasteiger partial charge on any atom is 0.0715 e. The predicted molar refractivity (Wildman–Crippen MR) is 53.8 cm³/mol. The minimum absolute atomic E-state index is 0.505. The number of rotatable bonds is 2. The molecule has 2 nitrogen and oxygen atoms in total. The van der Waals surface area contributed by atoms with Crippen LogP contribution in [0.15, 0.2) is 0 Å². The van der Waals surface area contributed by atoms with Crippen LogP contribution in [0.3, 0.4) is 0 Å². The van der Waals surface area contributed by atoms with Gasteiger partial charge in [0.1, 0.15) is 0 Å². The zero-order valence-electron chi connectivity index (χ0n) is 8.59. The van der Waals surface area contributed by atoms with E-state index in [0.29, 0.717) is 12.2 Å². The Morgan fingerprint density at radius 1 is 1.15 bits per heavy atom. The van der Waals surface area contributed by atoms with Crippen molar-refractivity contribution >= 4 is 0 Å². The fraction of sp³-hybridized carbons (Fsp3) is 1.00. The first-order valence-corrected chi connectivity index (χ1v) is 5.72. The van der Waals surface area contributed by atoms with Crippen LogP contribution in [0.1, 0.15) is 39.0 Å². The van der Waals surface area contributed by atoms with Crippen LogP contribution in [0.25, 0.3) is 0 Å². The fourth-order valence-corrected chi connectivity index (χ4v) is 2.48. The molecule has 0 amide bonds. The highest BCUT2D eigenvalue weighted by Gasteiger charge is 2.26. The fourth-order valence-electron chi connectivity index (χ4n) is 2.48. The van der Waals surface area contributed by atoms with Gasteiger partial charge in [-0.25, -0.2) is 0 Å².